The molecule has 0 aliphatic heterocycles. The van der Waals surface area contributed by atoms with Crippen molar-refractivity contribution in [2.45, 2.75) is 181 Å². The van der Waals surface area contributed by atoms with Crippen LogP contribution >= 0.6 is 0 Å². The van der Waals surface area contributed by atoms with E-state index < -0.39 is 123 Å². The number of rotatable bonds is 12. The molecule has 3 N–H and O–H groups in total. The Hall–Kier alpha value is -4.21. The fraction of sp³-hybridized carbons (Fsp3) is 0.727. The van der Waals surface area contributed by atoms with Crippen LogP contribution in [0.2, 0.25) is 0 Å². The minimum Gasteiger partial charge on any atom is -0.457 e. The average molecular weight is 981 g/mol. The topological polar surface area (TPSA) is 208 Å². The molecule has 0 aromatic carbocycles. The van der Waals surface area contributed by atoms with Crippen molar-refractivity contribution in [3.63, 3.8) is 0 Å². The van der Waals surface area contributed by atoms with Crippen molar-refractivity contribution in [3.05, 3.63) is 47.6 Å². The summed E-state index contributed by atoms with van der Waals surface area (Å²) in [5.74, 6) is -5.93. The second-order valence-corrected chi connectivity index (χ2v) is 22.7. The Morgan fingerprint density at radius 1 is 0.657 bits per heavy atom. The Morgan fingerprint density at radius 3 is 1.50 bits per heavy atom. The van der Waals surface area contributed by atoms with Gasteiger partial charge < -0.3 is 29.5 Å². The monoisotopic (exact) mass is 981 g/mol. The summed E-state index contributed by atoms with van der Waals surface area (Å²) in [6.07, 6.45) is 10.2. The van der Waals surface area contributed by atoms with Crippen molar-refractivity contribution in [1.82, 2.24) is 0 Å². The normalized spacial score (nSPS) is 44.1. The SMILES string of the molecule is CCC(=O)OCC(=O)[C@@]1(OC(=O)CC)[C@@H](C)C[C@H]2[C@@H]3CCC4=CC(=O)C=C[C@]4(C)[C@@]3(F)[C@@H](O)C[C@@]21C.CCCCC(=O)O[C@]1(C(=O)CO)[C@@H](C)C[C@H]2[C@@H]3CCC4=CC(=O)C=C[C@]4(C)[C@@]3(F)[C@@H](O)C[C@@]21C. The number of allylic oxidation sites excluding steroid dienone is 8. The van der Waals surface area contributed by atoms with Gasteiger partial charge in [-0.25, -0.2) is 8.78 Å². The van der Waals surface area contributed by atoms with Gasteiger partial charge in [-0.15, -0.1) is 0 Å². The van der Waals surface area contributed by atoms with Crippen molar-refractivity contribution in [1.29, 1.82) is 0 Å². The zero-order valence-corrected chi connectivity index (χ0v) is 42.4. The molecule has 0 heterocycles. The van der Waals surface area contributed by atoms with Crippen molar-refractivity contribution in [3.8, 4) is 0 Å². The number of carbonyl (C=O) groups is 7. The van der Waals surface area contributed by atoms with Crippen molar-refractivity contribution >= 4 is 41.0 Å². The third-order valence-electron chi connectivity index (χ3n) is 19.6. The third kappa shape index (κ3) is 7.37. The van der Waals surface area contributed by atoms with Gasteiger partial charge in [0.15, 0.2) is 40.7 Å². The lowest BCUT2D eigenvalue weighted by atomic mass is 9.44. The molecule has 0 saturated heterocycles. The molecule has 8 aliphatic carbocycles. The predicted octanol–water partition coefficient (Wildman–Crippen LogP) is 7.45. The molecule has 15 heteroatoms. The second-order valence-electron chi connectivity index (χ2n) is 22.7. The molecule has 0 radical (unpaired) electrons. The molecule has 0 aromatic rings. The molecule has 0 aromatic heterocycles. The Balaban J connectivity index is 0.000000207. The molecule has 8 aliphatic rings. The first-order valence-electron chi connectivity index (χ1n) is 25.6. The number of esters is 3. The first kappa shape index (κ1) is 53.6. The summed E-state index contributed by atoms with van der Waals surface area (Å²) in [5, 5.41) is 32.9. The molecule has 386 valence electrons. The number of aliphatic hydroxyl groups excluding tert-OH is 3. The standard InChI is InChI=1S/C28H37FO7.C27H37FO6/c1-6-23(33)35-15-22(32)28(36-24(34)7-2)16(3)12-20-19-9-8-17-13-18(30)10-11-25(17,4)27(19,29)21(31)14-26(20,28)5;1-5-6-7-23(33)34-27(22(32)15-29)16(2)12-20-19-9-8-17-13-18(30)10-11-24(17,3)26(19,28)21(31)14-25(20,27)4/h10-11,13,16,19-21,31H,6-9,12,14-15H2,1-5H3;10-11,13,16,19-21,29,31H,5-9,12,14-15H2,1-4H3/t16-,19-,20-,21-,25-,26-,27-,28-;16-,19-,20-,21-,24-,25-,26-,27-/m00/s1. The quantitative estimate of drug-likeness (QED) is 0.128. The van der Waals surface area contributed by atoms with Gasteiger partial charge in [0.1, 0.15) is 6.61 Å². The number of hydrogen-bond acceptors (Lipinski definition) is 13. The lowest BCUT2D eigenvalue weighted by Gasteiger charge is -2.62. The summed E-state index contributed by atoms with van der Waals surface area (Å²) in [4.78, 5) is 88.4. The highest BCUT2D eigenvalue weighted by atomic mass is 19.1. The third-order valence-corrected chi connectivity index (χ3v) is 19.6. The smallest absolute Gasteiger partial charge is 0.306 e. The first-order valence-corrected chi connectivity index (χ1v) is 25.6. The molecule has 0 amide bonds. The summed E-state index contributed by atoms with van der Waals surface area (Å²) in [6, 6.07) is 0. The number of aliphatic hydroxyl groups is 3. The fourth-order valence-electron chi connectivity index (χ4n) is 16.1. The van der Waals surface area contributed by atoms with Crippen LogP contribution in [0.15, 0.2) is 47.6 Å². The number of alkyl halides is 2. The second kappa shape index (κ2) is 18.7. The van der Waals surface area contributed by atoms with E-state index in [1.54, 1.807) is 46.8 Å². The maximum atomic E-state index is 17.4. The largest absolute Gasteiger partial charge is 0.457 e. The molecule has 0 bridgehead atoms. The maximum Gasteiger partial charge on any atom is 0.306 e. The van der Waals surface area contributed by atoms with Gasteiger partial charge in [0.2, 0.25) is 11.6 Å². The minimum atomic E-state index is -2.05. The van der Waals surface area contributed by atoms with E-state index in [-0.39, 0.29) is 55.5 Å². The van der Waals surface area contributed by atoms with Gasteiger partial charge in [0.25, 0.3) is 0 Å². The average Bonchev–Trinajstić information content (AvgIpc) is 3.67. The van der Waals surface area contributed by atoms with E-state index in [0.29, 0.717) is 56.1 Å². The van der Waals surface area contributed by atoms with Crippen LogP contribution in [0.1, 0.15) is 146 Å². The van der Waals surface area contributed by atoms with Gasteiger partial charge in [-0.05, 0) is 108 Å². The number of ketones is 4. The minimum absolute atomic E-state index is 0.0430. The molecule has 0 unspecified atom stereocenters. The van der Waals surface area contributed by atoms with Crippen LogP contribution in [0, 0.1) is 57.2 Å². The molecule has 16 atom stereocenters. The molecule has 8 rings (SSSR count). The number of halogens is 2. The summed E-state index contributed by atoms with van der Waals surface area (Å²) in [5.41, 5.74) is -10.4. The van der Waals surface area contributed by atoms with E-state index in [4.69, 9.17) is 14.2 Å². The summed E-state index contributed by atoms with van der Waals surface area (Å²) in [7, 11) is 0. The lowest BCUT2D eigenvalue weighted by Crippen LogP contribution is -2.70. The van der Waals surface area contributed by atoms with Gasteiger partial charge in [0, 0.05) is 64.6 Å². The number of hydrogen-bond donors (Lipinski definition) is 3. The highest BCUT2D eigenvalue weighted by Gasteiger charge is 2.79. The van der Waals surface area contributed by atoms with Crippen LogP contribution in [0.4, 0.5) is 8.78 Å². The molecule has 13 nitrogen and oxygen atoms in total. The van der Waals surface area contributed by atoms with Gasteiger partial charge in [-0.3, -0.25) is 33.6 Å². The van der Waals surface area contributed by atoms with Gasteiger partial charge >= 0.3 is 17.9 Å². The van der Waals surface area contributed by atoms with E-state index in [2.05, 4.69) is 0 Å². The van der Waals surface area contributed by atoms with Gasteiger partial charge in [0.05, 0.1) is 12.2 Å². The number of unbranched alkanes of at least 4 members (excludes halogenated alkanes) is 1. The molecule has 6 fully saturated rings. The lowest BCUT2D eigenvalue weighted by molar-refractivity contribution is -0.228. The molecular weight excluding hydrogens is 907 g/mol. The zero-order chi connectivity index (χ0) is 51.8. The zero-order valence-electron chi connectivity index (χ0n) is 42.4. The summed E-state index contributed by atoms with van der Waals surface area (Å²) in [6.45, 7) is 14.6. The van der Waals surface area contributed by atoms with E-state index in [1.165, 1.54) is 24.3 Å². The Kier molecular flexibility index (Phi) is 14.3. The van der Waals surface area contributed by atoms with E-state index in [0.717, 1.165) is 6.42 Å². The van der Waals surface area contributed by atoms with E-state index >= 15 is 8.78 Å². The Bertz CT molecular complexity index is 2320. The molecular formula is C55H74F2O13. The summed E-state index contributed by atoms with van der Waals surface area (Å²) < 4.78 is 51.8. The fourth-order valence-corrected chi connectivity index (χ4v) is 16.1. The summed E-state index contributed by atoms with van der Waals surface area (Å²) >= 11 is 0. The van der Waals surface area contributed by atoms with Crippen LogP contribution in [-0.4, -0.2) is 104 Å². The van der Waals surface area contributed by atoms with Crippen LogP contribution in [0.25, 0.3) is 0 Å². The van der Waals surface area contributed by atoms with Crippen LogP contribution in [0.3, 0.4) is 0 Å². The molecule has 0 spiro atoms. The Labute approximate surface area is 410 Å². The highest BCUT2D eigenvalue weighted by Crippen LogP contribution is 2.73. The highest BCUT2D eigenvalue weighted by molar-refractivity contribution is 6.02. The predicted molar refractivity (Wildman–Crippen MR) is 252 cm³/mol. The van der Waals surface area contributed by atoms with Crippen molar-refractivity contribution in [2.24, 2.45) is 57.2 Å². The van der Waals surface area contributed by atoms with E-state index in [9.17, 15) is 48.9 Å². The Morgan fingerprint density at radius 2 is 1.09 bits per heavy atom. The first-order chi connectivity index (χ1) is 32.7. The maximum absolute atomic E-state index is 17.4. The molecule has 6 saturated carbocycles. The number of carbonyl (C=O) groups excluding carboxylic acids is 7. The number of Topliss-reactive ketones (excluding diaryl/α,β-unsaturated/α-hetero) is 2. The van der Waals surface area contributed by atoms with E-state index in [1.807, 2.05) is 27.7 Å². The van der Waals surface area contributed by atoms with Crippen LogP contribution < -0.4 is 0 Å². The van der Waals surface area contributed by atoms with Crippen molar-refractivity contribution in [2.75, 3.05) is 13.2 Å². The number of ether oxygens (including phenoxy) is 3. The van der Waals surface area contributed by atoms with Gasteiger partial charge in [-0.2, -0.15) is 0 Å². The van der Waals surface area contributed by atoms with Crippen molar-refractivity contribution < 1.29 is 71.9 Å². The number of fused-ring (bicyclic) bond motifs is 10. The molecule has 70 heavy (non-hydrogen) atoms. The van der Waals surface area contributed by atoms with Crippen LogP contribution in [0.5, 0.6) is 0 Å². The van der Waals surface area contributed by atoms with Crippen LogP contribution in [-0.2, 0) is 47.8 Å². The van der Waals surface area contributed by atoms with Gasteiger partial charge in [-0.1, -0.05) is 78.2 Å².